The summed E-state index contributed by atoms with van der Waals surface area (Å²) in [6.45, 7) is 16.0. The van der Waals surface area contributed by atoms with Crippen LogP contribution in [-0.2, 0) is 14.3 Å². The predicted octanol–water partition coefficient (Wildman–Crippen LogP) is 6.75. The van der Waals surface area contributed by atoms with Gasteiger partial charge in [0.2, 0.25) is 11.8 Å². The van der Waals surface area contributed by atoms with E-state index in [0.717, 1.165) is 61.6 Å². The van der Waals surface area contributed by atoms with Crippen molar-refractivity contribution in [3.8, 4) is 0 Å². The third-order valence-corrected chi connectivity index (χ3v) is 7.31. The van der Waals surface area contributed by atoms with Crippen molar-refractivity contribution in [3.63, 3.8) is 0 Å². The number of benzene rings is 1. The van der Waals surface area contributed by atoms with Crippen LogP contribution in [0.3, 0.4) is 0 Å². The van der Waals surface area contributed by atoms with Crippen LogP contribution in [0.1, 0.15) is 122 Å². The highest BCUT2D eigenvalue weighted by molar-refractivity contribution is 5.92. The second-order valence-corrected chi connectivity index (χ2v) is 12.6. The molecule has 220 valence electrons. The van der Waals surface area contributed by atoms with Gasteiger partial charge in [-0.3, -0.25) is 9.59 Å². The lowest BCUT2D eigenvalue weighted by Gasteiger charge is -2.37. The van der Waals surface area contributed by atoms with Crippen molar-refractivity contribution in [2.45, 2.75) is 137 Å². The molecule has 0 aliphatic heterocycles. The van der Waals surface area contributed by atoms with Crippen LogP contribution in [0.25, 0.3) is 0 Å². The maximum absolute atomic E-state index is 14.4. The molecule has 3 amide bonds. The highest BCUT2D eigenvalue weighted by Crippen LogP contribution is 2.30. The van der Waals surface area contributed by atoms with Gasteiger partial charge in [-0.1, -0.05) is 71.1 Å². The summed E-state index contributed by atoms with van der Waals surface area (Å²) in [5.74, 6) is -0.220. The molecule has 0 bridgehead atoms. The van der Waals surface area contributed by atoms with Crippen LogP contribution in [-0.4, -0.2) is 47.0 Å². The van der Waals surface area contributed by atoms with Crippen LogP contribution in [0.15, 0.2) is 18.2 Å². The number of carbonyl (C=O) groups excluding carboxylic acids is 3. The topological polar surface area (TPSA) is 87.7 Å². The van der Waals surface area contributed by atoms with E-state index >= 15 is 0 Å². The third-order valence-electron chi connectivity index (χ3n) is 7.31. The van der Waals surface area contributed by atoms with Gasteiger partial charge >= 0.3 is 6.09 Å². The minimum atomic E-state index is -0.796. The Bertz CT molecular complexity index is 927. The largest absolute Gasteiger partial charge is 0.444 e. The first-order chi connectivity index (χ1) is 18.3. The first-order valence-electron chi connectivity index (χ1n) is 15.0. The molecule has 2 atom stereocenters. The molecule has 0 saturated heterocycles. The molecular formula is C32H53N3O4. The molecule has 1 saturated carbocycles. The fourth-order valence-corrected chi connectivity index (χ4v) is 5.46. The average molecular weight is 544 g/mol. The average Bonchev–Trinajstić information content (AvgIpc) is 2.83. The van der Waals surface area contributed by atoms with Gasteiger partial charge < -0.3 is 20.3 Å². The van der Waals surface area contributed by atoms with Crippen molar-refractivity contribution in [3.05, 3.63) is 34.9 Å². The van der Waals surface area contributed by atoms with Gasteiger partial charge in [-0.2, -0.15) is 0 Å². The fraction of sp³-hybridized carbons (Fsp3) is 0.719. The van der Waals surface area contributed by atoms with E-state index in [1.54, 1.807) is 25.7 Å². The van der Waals surface area contributed by atoms with Gasteiger partial charge in [-0.15, -0.1) is 0 Å². The lowest BCUT2D eigenvalue weighted by Crippen LogP contribution is -2.54. The van der Waals surface area contributed by atoms with Crippen LogP contribution in [0.5, 0.6) is 0 Å². The first kappa shape index (κ1) is 32.6. The zero-order chi connectivity index (χ0) is 29.2. The molecule has 0 spiro atoms. The molecule has 0 aromatic heterocycles. The smallest absolute Gasteiger partial charge is 0.408 e. The fourth-order valence-electron chi connectivity index (χ4n) is 5.46. The highest BCUT2D eigenvalue weighted by Gasteiger charge is 2.38. The number of unbranched alkanes of at least 4 members (excludes halogenated alkanes) is 2. The Kier molecular flexibility index (Phi) is 12.8. The molecule has 1 aliphatic carbocycles. The molecule has 1 aromatic rings. The Hall–Kier alpha value is -2.57. The van der Waals surface area contributed by atoms with Crippen molar-refractivity contribution < 1.29 is 19.1 Å². The highest BCUT2D eigenvalue weighted by atomic mass is 16.6. The lowest BCUT2D eigenvalue weighted by molar-refractivity contribution is -0.143. The summed E-state index contributed by atoms with van der Waals surface area (Å²) in [5.41, 5.74) is 2.15. The normalized spacial score (nSPS) is 15.9. The van der Waals surface area contributed by atoms with E-state index in [1.165, 1.54) is 6.42 Å². The van der Waals surface area contributed by atoms with E-state index in [2.05, 4.69) is 17.6 Å². The van der Waals surface area contributed by atoms with Crippen molar-refractivity contribution >= 4 is 17.9 Å². The number of alkyl carbamates (subject to hydrolysis) is 1. The maximum atomic E-state index is 14.4. The number of nitrogens with zero attached hydrogens (tertiary/aromatic N) is 1. The Morgan fingerprint density at radius 1 is 1.03 bits per heavy atom. The molecule has 1 aliphatic rings. The molecule has 2 unspecified atom stereocenters. The molecule has 39 heavy (non-hydrogen) atoms. The Labute approximate surface area is 236 Å². The van der Waals surface area contributed by atoms with Crippen molar-refractivity contribution in [2.24, 2.45) is 5.92 Å². The summed E-state index contributed by atoms with van der Waals surface area (Å²) in [4.78, 5) is 43.0. The van der Waals surface area contributed by atoms with E-state index in [-0.39, 0.29) is 23.8 Å². The van der Waals surface area contributed by atoms with Crippen molar-refractivity contribution in [1.82, 2.24) is 15.5 Å². The number of carbonyl (C=O) groups is 3. The minimum absolute atomic E-state index is 0.122. The molecular weight excluding hydrogens is 490 g/mol. The molecule has 2 rings (SSSR count). The number of nitrogens with one attached hydrogen (secondary N) is 2. The molecule has 7 nitrogen and oxygen atoms in total. The van der Waals surface area contributed by atoms with Crippen LogP contribution >= 0.6 is 0 Å². The zero-order valence-corrected chi connectivity index (χ0v) is 25.7. The maximum Gasteiger partial charge on any atom is 0.408 e. The molecule has 1 aromatic carbocycles. The third kappa shape index (κ3) is 10.5. The van der Waals surface area contributed by atoms with Gasteiger partial charge in [0.25, 0.3) is 0 Å². The number of hydrogen-bond donors (Lipinski definition) is 2. The number of amides is 3. The summed E-state index contributed by atoms with van der Waals surface area (Å²) < 4.78 is 5.51. The number of hydrogen-bond acceptors (Lipinski definition) is 4. The van der Waals surface area contributed by atoms with Crippen LogP contribution < -0.4 is 10.6 Å². The predicted molar refractivity (Wildman–Crippen MR) is 158 cm³/mol. The van der Waals surface area contributed by atoms with E-state index in [0.29, 0.717) is 13.0 Å². The number of rotatable bonds is 12. The second-order valence-electron chi connectivity index (χ2n) is 12.6. The molecule has 2 N–H and O–H groups in total. The molecule has 0 heterocycles. The van der Waals surface area contributed by atoms with Gasteiger partial charge in [-0.05, 0) is 82.9 Å². The summed E-state index contributed by atoms with van der Waals surface area (Å²) in [6, 6.07) is 4.55. The van der Waals surface area contributed by atoms with E-state index in [9.17, 15) is 14.4 Å². The summed E-state index contributed by atoms with van der Waals surface area (Å²) in [5, 5.41) is 6.15. The Morgan fingerprint density at radius 3 is 2.18 bits per heavy atom. The number of aryl methyl sites for hydroxylation is 2. The van der Waals surface area contributed by atoms with E-state index in [4.69, 9.17) is 4.74 Å². The van der Waals surface area contributed by atoms with Gasteiger partial charge in [0.15, 0.2) is 0 Å². The molecule has 7 heteroatoms. The van der Waals surface area contributed by atoms with Crippen LogP contribution in [0.4, 0.5) is 4.79 Å². The van der Waals surface area contributed by atoms with Crippen LogP contribution in [0.2, 0.25) is 0 Å². The minimum Gasteiger partial charge on any atom is -0.444 e. The van der Waals surface area contributed by atoms with Gasteiger partial charge in [0.1, 0.15) is 17.7 Å². The Morgan fingerprint density at radius 2 is 1.64 bits per heavy atom. The van der Waals surface area contributed by atoms with Gasteiger partial charge in [-0.25, -0.2) is 4.79 Å². The van der Waals surface area contributed by atoms with E-state index < -0.39 is 23.8 Å². The molecule has 0 radical (unpaired) electrons. The summed E-state index contributed by atoms with van der Waals surface area (Å²) in [6.07, 6.45) is 7.89. The number of ether oxygens (including phenoxy) is 1. The SMILES string of the molecule is CCCCCN(C(=O)C(CC(C)C)NC(=O)OC(C)(C)C)C(C(=O)NC1CCCCC1)c1c(C)cccc1C. The van der Waals surface area contributed by atoms with Crippen molar-refractivity contribution in [2.75, 3.05) is 6.54 Å². The quantitative estimate of drug-likeness (QED) is 0.285. The first-order valence-corrected chi connectivity index (χ1v) is 15.0. The Balaban J connectivity index is 2.53. The van der Waals surface area contributed by atoms with Gasteiger partial charge in [0, 0.05) is 12.6 Å². The lowest BCUT2D eigenvalue weighted by atomic mass is 9.91. The molecule has 1 fully saturated rings. The standard InChI is InChI=1S/C32H53N3O4/c1-9-10-14-20-35(30(37)26(21-22(2)3)34-31(38)39-32(6,7)8)28(27-23(4)16-15-17-24(27)5)29(36)33-25-18-12-11-13-19-25/h15-17,22,25-26,28H,9-14,18-21H2,1-8H3,(H,33,36)(H,34,38). The van der Waals surface area contributed by atoms with Gasteiger partial charge in [0.05, 0.1) is 0 Å². The van der Waals surface area contributed by atoms with Crippen LogP contribution in [0, 0.1) is 19.8 Å². The summed E-state index contributed by atoms with van der Waals surface area (Å²) in [7, 11) is 0. The summed E-state index contributed by atoms with van der Waals surface area (Å²) >= 11 is 0. The monoisotopic (exact) mass is 543 g/mol. The van der Waals surface area contributed by atoms with E-state index in [1.807, 2.05) is 45.9 Å². The zero-order valence-electron chi connectivity index (χ0n) is 25.7. The van der Waals surface area contributed by atoms with Crippen molar-refractivity contribution in [1.29, 1.82) is 0 Å². The second kappa shape index (κ2) is 15.3.